The first kappa shape index (κ1) is 32.3. The molecule has 0 spiro atoms. The van der Waals surface area contributed by atoms with Gasteiger partial charge in [-0.2, -0.15) is 0 Å². The van der Waals surface area contributed by atoms with Crippen LogP contribution in [0.3, 0.4) is 0 Å². The van der Waals surface area contributed by atoms with Crippen LogP contribution >= 0.6 is 0 Å². The average Bonchev–Trinajstić information content (AvgIpc) is 3.04. The van der Waals surface area contributed by atoms with E-state index in [0.29, 0.717) is 11.5 Å². The fourth-order valence-electron chi connectivity index (χ4n) is 4.57. The zero-order chi connectivity index (χ0) is 31.7. The number of nitrogens with one attached hydrogen (secondary N) is 1. The Hall–Kier alpha value is -4.63. The molecule has 0 saturated heterocycles. The number of carbonyl (C=O) groups is 2. The minimum atomic E-state index is -4.16. The molecule has 0 aromatic heterocycles. The number of para-hydroxylation sites is 1. The molecule has 0 heterocycles. The van der Waals surface area contributed by atoms with Gasteiger partial charge in [0.1, 0.15) is 24.1 Å². The van der Waals surface area contributed by atoms with Gasteiger partial charge in [-0.3, -0.25) is 13.9 Å². The van der Waals surface area contributed by atoms with Crippen molar-refractivity contribution in [1.82, 2.24) is 10.2 Å². The highest BCUT2D eigenvalue weighted by atomic mass is 32.2. The van der Waals surface area contributed by atoms with Crippen molar-refractivity contribution in [2.75, 3.05) is 10.8 Å². The molecule has 4 aromatic carbocycles. The second-order valence-corrected chi connectivity index (χ2v) is 12.5. The number of hydrogen-bond donors (Lipinski definition) is 1. The summed E-state index contributed by atoms with van der Waals surface area (Å²) in [5.74, 6) is 0.339. The van der Waals surface area contributed by atoms with Gasteiger partial charge in [-0.25, -0.2) is 8.42 Å². The zero-order valence-electron chi connectivity index (χ0n) is 25.5. The lowest BCUT2D eigenvalue weighted by Gasteiger charge is -2.32. The van der Waals surface area contributed by atoms with Crippen molar-refractivity contribution in [3.8, 4) is 11.5 Å². The number of sulfonamides is 1. The number of benzene rings is 4. The largest absolute Gasteiger partial charge is 0.457 e. The normalized spacial score (nSPS) is 12.5. The van der Waals surface area contributed by atoms with Crippen LogP contribution < -0.4 is 14.4 Å². The van der Waals surface area contributed by atoms with E-state index in [9.17, 15) is 18.0 Å². The first-order chi connectivity index (χ1) is 21.1. The third-order valence-electron chi connectivity index (χ3n) is 7.48. The van der Waals surface area contributed by atoms with Crippen LogP contribution in [0.4, 0.5) is 5.69 Å². The van der Waals surface area contributed by atoms with Gasteiger partial charge in [-0.1, -0.05) is 67.6 Å². The van der Waals surface area contributed by atoms with Crippen LogP contribution in [0.5, 0.6) is 11.5 Å². The van der Waals surface area contributed by atoms with Gasteiger partial charge in [0.05, 0.1) is 10.6 Å². The summed E-state index contributed by atoms with van der Waals surface area (Å²) in [6.45, 7) is 7.10. The van der Waals surface area contributed by atoms with Gasteiger partial charge in [-0.15, -0.1) is 0 Å². The maximum atomic E-state index is 14.1. The van der Waals surface area contributed by atoms with Crippen molar-refractivity contribution in [2.45, 2.75) is 57.6 Å². The van der Waals surface area contributed by atoms with Crippen molar-refractivity contribution in [2.24, 2.45) is 0 Å². The fraction of sp³-hybridized carbons (Fsp3) is 0.257. The van der Waals surface area contributed by atoms with Crippen molar-refractivity contribution < 1.29 is 22.7 Å². The molecule has 0 bridgehead atoms. The minimum Gasteiger partial charge on any atom is -0.457 e. The van der Waals surface area contributed by atoms with Gasteiger partial charge in [0.2, 0.25) is 11.8 Å². The molecule has 0 radical (unpaired) electrons. The molecule has 4 aromatic rings. The molecule has 1 N–H and O–H groups in total. The number of rotatable bonds is 13. The third kappa shape index (κ3) is 8.05. The number of hydrogen-bond acceptors (Lipinski definition) is 5. The molecule has 0 fully saturated rings. The number of anilines is 1. The molecule has 44 heavy (non-hydrogen) atoms. The van der Waals surface area contributed by atoms with E-state index < -0.39 is 28.5 Å². The van der Waals surface area contributed by atoms with E-state index >= 15 is 0 Å². The van der Waals surface area contributed by atoms with Crippen molar-refractivity contribution in [3.05, 3.63) is 120 Å². The Morgan fingerprint density at radius 2 is 1.36 bits per heavy atom. The molecule has 2 atom stereocenters. The van der Waals surface area contributed by atoms with Gasteiger partial charge >= 0.3 is 0 Å². The Morgan fingerprint density at radius 3 is 1.98 bits per heavy atom. The minimum absolute atomic E-state index is 0.0467. The van der Waals surface area contributed by atoms with Gasteiger partial charge < -0.3 is 15.0 Å². The highest BCUT2D eigenvalue weighted by Crippen LogP contribution is 2.28. The maximum absolute atomic E-state index is 14.1. The summed E-state index contributed by atoms with van der Waals surface area (Å²) in [7, 11) is -4.16. The zero-order valence-corrected chi connectivity index (χ0v) is 26.3. The molecule has 0 aliphatic carbocycles. The lowest BCUT2D eigenvalue weighted by Crippen LogP contribution is -2.52. The predicted molar refractivity (Wildman–Crippen MR) is 173 cm³/mol. The van der Waals surface area contributed by atoms with Gasteiger partial charge in [-0.05, 0) is 86.8 Å². The summed E-state index contributed by atoms with van der Waals surface area (Å²) >= 11 is 0. The van der Waals surface area contributed by atoms with Crippen LogP contribution in [-0.4, -0.2) is 43.8 Å². The number of aryl methyl sites for hydroxylation is 1. The van der Waals surface area contributed by atoms with E-state index in [0.717, 1.165) is 21.9 Å². The van der Waals surface area contributed by atoms with Crippen LogP contribution in [0, 0.1) is 6.92 Å². The van der Waals surface area contributed by atoms with Crippen LogP contribution in [0.2, 0.25) is 0 Å². The van der Waals surface area contributed by atoms with Crippen LogP contribution in [0.15, 0.2) is 114 Å². The van der Waals surface area contributed by atoms with E-state index in [2.05, 4.69) is 5.32 Å². The van der Waals surface area contributed by atoms with Gasteiger partial charge in [0.15, 0.2) is 0 Å². The lowest BCUT2D eigenvalue weighted by atomic mass is 10.1. The molecule has 4 rings (SSSR count). The van der Waals surface area contributed by atoms with E-state index in [-0.39, 0.29) is 29.1 Å². The van der Waals surface area contributed by atoms with Gasteiger partial charge in [0, 0.05) is 12.6 Å². The quantitative estimate of drug-likeness (QED) is 0.191. The second-order valence-electron chi connectivity index (χ2n) is 10.7. The topological polar surface area (TPSA) is 96.0 Å². The Balaban J connectivity index is 1.70. The number of ether oxygens (including phenoxy) is 1. The Morgan fingerprint density at radius 1 is 0.795 bits per heavy atom. The molecule has 2 amide bonds. The summed E-state index contributed by atoms with van der Waals surface area (Å²) < 4.78 is 35.0. The molecule has 0 aliphatic heterocycles. The Labute approximate surface area is 260 Å². The molecule has 230 valence electrons. The Bertz CT molecular complexity index is 1650. The third-order valence-corrected chi connectivity index (χ3v) is 9.27. The first-order valence-corrected chi connectivity index (χ1v) is 16.1. The molecular formula is C35H39N3O5S. The maximum Gasteiger partial charge on any atom is 0.264 e. The molecule has 2 unspecified atom stereocenters. The SMILES string of the molecule is CCC(C)NC(=O)C(C)N(Cc1ccccc1C)C(=O)CN(c1ccc(Oc2ccccc2)cc1)S(=O)(=O)c1ccccc1. The summed E-state index contributed by atoms with van der Waals surface area (Å²) in [5.41, 5.74) is 2.11. The smallest absolute Gasteiger partial charge is 0.264 e. The highest BCUT2D eigenvalue weighted by molar-refractivity contribution is 7.92. The summed E-state index contributed by atoms with van der Waals surface area (Å²) in [4.78, 5) is 28.9. The molecule has 9 heteroatoms. The molecule has 0 saturated carbocycles. The first-order valence-electron chi connectivity index (χ1n) is 14.6. The van der Waals surface area contributed by atoms with E-state index in [1.54, 1.807) is 49.4 Å². The summed E-state index contributed by atoms with van der Waals surface area (Å²) in [6.07, 6.45) is 0.733. The molecule has 8 nitrogen and oxygen atoms in total. The number of amides is 2. The van der Waals surface area contributed by atoms with Crippen molar-refractivity contribution in [3.63, 3.8) is 0 Å². The standard InChI is InChI=1S/C35H39N3O5S/c1-5-27(3)36-35(40)28(4)37(24-29-15-13-12-14-26(29)2)34(39)25-38(44(41,42)33-18-10-7-11-19-33)30-20-22-32(23-21-30)43-31-16-8-6-9-17-31/h6-23,27-28H,5,24-25H2,1-4H3,(H,36,40). The van der Waals surface area contributed by atoms with Crippen LogP contribution in [0.1, 0.15) is 38.3 Å². The van der Waals surface area contributed by atoms with Crippen LogP contribution in [-0.2, 0) is 26.2 Å². The molecule has 0 aliphatic rings. The lowest BCUT2D eigenvalue weighted by molar-refractivity contribution is -0.139. The number of carbonyl (C=O) groups excluding carboxylic acids is 2. The van der Waals surface area contributed by atoms with Crippen molar-refractivity contribution >= 4 is 27.5 Å². The van der Waals surface area contributed by atoms with Crippen LogP contribution in [0.25, 0.3) is 0 Å². The number of nitrogens with zero attached hydrogens (tertiary/aromatic N) is 2. The Kier molecular flexibility index (Phi) is 10.8. The summed E-state index contributed by atoms with van der Waals surface area (Å²) in [5, 5.41) is 2.95. The summed E-state index contributed by atoms with van der Waals surface area (Å²) in [6, 6.07) is 30.5. The van der Waals surface area contributed by atoms with E-state index in [1.807, 2.05) is 75.4 Å². The van der Waals surface area contributed by atoms with E-state index in [1.165, 1.54) is 17.0 Å². The fourth-order valence-corrected chi connectivity index (χ4v) is 6.01. The van der Waals surface area contributed by atoms with E-state index in [4.69, 9.17) is 4.74 Å². The predicted octanol–water partition coefficient (Wildman–Crippen LogP) is 6.31. The molecular weight excluding hydrogens is 574 g/mol. The average molecular weight is 614 g/mol. The van der Waals surface area contributed by atoms with Gasteiger partial charge in [0.25, 0.3) is 10.0 Å². The second kappa shape index (κ2) is 14.7. The monoisotopic (exact) mass is 613 g/mol. The highest BCUT2D eigenvalue weighted by Gasteiger charge is 2.33. The van der Waals surface area contributed by atoms with Crippen molar-refractivity contribution in [1.29, 1.82) is 0 Å².